The van der Waals surface area contributed by atoms with Gasteiger partial charge in [0.2, 0.25) is 0 Å². The molecule has 2 aromatic carbocycles. The Morgan fingerprint density at radius 3 is 2.03 bits per heavy atom. The van der Waals surface area contributed by atoms with Crippen molar-refractivity contribution >= 4 is 45.3 Å². The summed E-state index contributed by atoms with van der Waals surface area (Å²) in [7, 11) is -4.08. The third kappa shape index (κ3) is 4.67. The molecule has 34 heavy (non-hydrogen) atoms. The summed E-state index contributed by atoms with van der Waals surface area (Å²) in [6.07, 6.45) is 2.92. The van der Waals surface area contributed by atoms with Crippen LogP contribution >= 0.6 is 12.2 Å². The van der Waals surface area contributed by atoms with Gasteiger partial charge >= 0.3 is 10.1 Å². The summed E-state index contributed by atoms with van der Waals surface area (Å²) >= 11 is 5.04. The van der Waals surface area contributed by atoms with Gasteiger partial charge in [-0.2, -0.15) is 8.42 Å². The number of nitrogens with one attached hydrogen (secondary N) is 1. The molecule has 0 aliphatic carbocycles. The lowest BCUT2D eigenvalue weighted by Crippen LogP contribution is -2.53. The zero-order valence-electron chi connectivity index (χ0n) is 19.7. The van der Waals surface area contributed by atoms with Crippen molar-refractivity contribution in [3.8, 4) is 5.75 Å². The first-order chi connectivity index (χ1) is 15.9. The molecule has 1 heterocycles. The fraction of sp³-hybridized carbons (Fsp3) is 0.240. The van der Waals surface area contributed by atoms with Crippen molar-refractivity contribution in [1.29, 1.82) is 0 Å². The van der Waals surface area contributed by atoms with Crippen LogP contribution in [-0.2, 0) is 19.7 Å². The summed E-state index contributed by atoms with van der Waals surface area (Å²) in [5.74, 6) is -1.02. The molecule has 1 N–H and O–H groups in total. The quantitative estimate of drug-likeness (QED) is 0.214. The molecule has 0 unspecified atom stereocenters. The lowest BCUT2D eigenvalue weighted by atomic mass is 9.95. The highest BCUT2D eigenvalue weighted by Crippen LogP contribution is 2.31. The SMILES string of the molecule is C=CCN1C(=O)C(=Cc2ccc(OS(=O)(=O)c3c(C)c(C)c(C)c(C)c3C)cc2)C(=O)NC1=S. The summed E-state index contributed by atoms with van der Waals surface area (Å²) in [5.41, 5.74) is 4.62. The molecule has 1 aliphatic rings. The lowest BCUT2D eigenvalue weighted by Gasteiger charge is -2.27. The minimum absolute atomic E-state index is 0.0215. The number of rotatable bonds is 6. The number of benzene rings is 2. The van der Waals surface area contributed by atoms with Crippen molar-refractivity contribution in [2.24, 2.45) is 0 Å². The van der Waals surface area contributed by atoms with Gasteiger partial charge in [0.1, 0.15) is 16.2 Å². The highest BCUT2D eigenvalue weighted by molar-refractivity contribution is 7.87. The molecule has 178 valence electrons. The molecular weight excluding hydrogens is 472 g/mol. The molecule has 1 fully saturated rings. The van der Waals surface area contributed by atoms with Crippen molar-refractivity contribution in [3.63, 3.8) is 0 Å². The van der Waals surface area contributed by atoms with Gasteiger partial charge in [0.15, 0.2) is 5.11 Å². The van der Waals surface area contributed by atoms with Crippen LogP contribution in [0.3, 0.4) is 0 Å². The second kappa shape index (κ2) is 9.52. The molecule has 0 bridgehead atoms. The Morgan fingerprint density at radius 1 is 0.971 bits per heavy atom. The number of nitrogens with zero attached hydrogens (tertiary/aromatic N) is 1. The maximum Gasteiger partial charge on any atom is 0.339 e. The molecule has 9 heteroatoms. The summed E-state index contributed by atoms with van der Waals surface area (Å²) in [4.78, 5) is 26.3. The molecule has 0 radical (unpaired) electrons. The van der Waals surface area contributed by atoms with Crippen molar-refractivity contribution in [1.82, 2.24) is 10.2 Å². The number of carbonyl (C=O) groups is 2. The van der Waals surface area contributed by atoms with Crippen molar-refractivity contribution < 1.29 is 22.2 Å². The number of hydrogen-bond donors (Lipinski definition) is 1. The first-order valence-corrected chi connectivity index (χ1v) is 12.3. The van der Waals surface area contributed by atoms with Gasteiger partial charge in [-0.1, -0.05) is 18.2 Å². The topological polar surface area (TPSA) is 92.8 Å². The third-order valence-corrected chi connectivity index (χ3v) is 7.92. The lowest BCUT2D eigenvalue weighted by molar-refractivity contribution is -0.128. The molecule has 1 aliphatic heterocycles. The van der Waals surface area contributed by atoms with Crippen molar-refractivity contribution in [2.75, 3.05) is 6.54 Å². The van der Waals surface area contributed by atoms with E-state index in [-0.39, 0.29) is 27.9 Å². The second-order valence-corrected chi connectivity index (χ2v) is 9.95. The minimum atomic E-state index is -4.08. The molecule has 1 saturated heterocycles. The van der Waals surface area contributed by atoms with Crippen molar-refractivity contribution in [2.45, 2.75) is 39.5 Å². The van der Waals surface area contributed by atoms with E-state index >= 15 is 0 Å². The van der Waals surface area contributed by atoms with E-state index in [1.54, 1.807) is 26.0 Å². The fourth-order valence-electron chi connectivity index (χ4n) is 3.78. The van der Waals surface area contributed by atoms with Crippen LogP contribution in [0.5, 0.6) is 5.75 Å². The first kappa shape index (κ1) is 25.3. The van der Waals surface area contributed by atoms with Gasteiger partial charge in [-0.15, -0.1) is 6.58 Å². The number of carbonyl (C=O) groups excluding carboxylic acids is 2. The Balaban J connectivity index is 1.90. The number of amides is 2. The van der Waals surface area contributed by atoms with Crippen LogP contribution in [0.15, 0.2) is 47.4 Å². The molecule has 3 rings (SSSR count). The van der Waals surface area contributed by atoms with E-state index in [2.05, 4.69) is 11.9 Å². The Morgan fingerprint density at radius 2 is 1.50 bits per heavy atom. The van der Waals surface area contributed by atoms with Crippen LogP contribution in [-0.4, -0.2) is 36.8 Å². The smallest absolute Gasteiger partial charge is 0.339 e. The van der Waals surface area contributed by atoms with Crippen LogP contribution in [0.2, 0.25) is 0 Å². The van der Waals surface area contributed by atoms with E-state index in [0.29, 0.717) is 16.7 Å². The molecule has 2 aromatic rings. The molecule has 0 aromatic heterocycles. The van der Waals surface area contributed by atoms with E-state index in [1.807, 2.05) is 20.8 Å². The highest BCUT2D eigenvalue weighted by Gasteiger charge is 2.32. The van der Waals surface area contributed by atoms with Crippen LogP contribution in [0.4, 0.5) is 0 Å². The van der Waals surface area contributed by atoms with E-state index in [9.17, 15) is 18.0 Å². The summed E-state index contributed by atoms with van der Waals surface area (Å²) in [5, 5.41) is 2.50. The predicted octanol–water partition coefficient (Wildman–Crippen LogP) is 3.81. The largest absolute Gasteiger partial charge is 0.379 e. The number of thiocarbonyl (C=S) groups is 1. The van der Waals surface area contributed by atoms with Gasteiger partial charge in [-0.25, -0.2) is 0 Å². The predicted molar refractivity (Wildman–Crippen MR) is 135 cm³/mol. The Hall–Kier alpha value is -3.30. The first-order valence-electron chi connectivity index (χ1n) is 10.5. The maximum atomic E-state index is 13.1. The van der Waals surface area contributed by atoms with Crippen LogP contribution in [0.25, 0.3) is 6.08 Å². The number of hydrogen-bond acceptors (Lipinski definition) is 6. The Labute approximate surface area is 205 Å². The normalized spacial score (nSPS) is 15.5. The molecule has 0 spiro atoms. The fourth-order valence-corrected chi connectivity index (χ4v) is 5.54. The third-order valence-electron chi connectivity index (χ3n) is 6.08. The average Bonchev–Trinajstić information content (AvgIpc) is 2.77. The standard InChI is InChI=1S/C25H26N2O5S2/c1-7-12-27-24(29)21(23(28)26-25(27)33)13-19-8-10-20(11-9-19)32-34(30,31)22-17(5)15(3)14(2)16(4)18(22)6/h7-11,13H,1,12H2,2-6H3,(H,26,28,33). The van der Waals surface area contributed by atoms with Gasteiger partial charge < -0.3 is 4.18 Å². The van der Waals surface area contributed by atoms with Gasteiger partial charge in [-0.05, 0) is 98.4 Å². The zero-order valence-corrected chi connectivity index (χ0v) is 21.3. The molecular formula is C25H26N2O5S2. The van der Waals surface area contributed by atoms with Gasteiger partial charge in [-0.3, -0.25) is 19.8 Å². The molecule has 7 nitrogen and oxygen atoms in total. The summed E-state index contributed by atoms with van der Waals surface area (Å²) in [6, 6.07) is 6.07. The van der Waals surface area contributed by atoms with Crippen LogP contribution < -0.4 is 9.50 Å². The minimum Gasteiger partial charge on any atom is -0.379 e. The summed E-state index contributed by atoms with van der Waals surface area (Å²) in [6.45, 7) is 13.0. The van der Waals surface area contributed by atoms with Crippen molar-refractivity contribution in [3.05, 3.63) is 75.9 Å². The monoisotopic (exact) mass is 498 g/mol. The molecule has 0 saturated carbocycles. The van der Waals surface area contributed by atoms with E-state index in [0.717, 1.165) is 16.7 Å². The maximum absolute atomic E-state index is 13.1. The average molecular weight is 499 g/mol. The molecule has 2 amide bonds. The Kier molecular flexibility index (Phi) is 7.09. The van der Waals surface area contributed by atoms with E-state index < -0.39 is 21.9 Å². The van der Waals surface area contributed by atoms with E-state index in [4.69, 9.17) is 16.4 Å². The van der Waals surface area contributed by atoms with Gasteiger partial charge in [0, 0.05) is 6.54 Å². The zero-order chi connectivity index (χ0) is 25.4. The van der Waals surface area contributed by atoms with Gasteiger partial charge in [0.25, 0.3) is 11.8 Å². The van der Waals surface area contributed by atoms with Crippen LogP contribution in [0, 0.1) is 34.6 Å². The second-order valence-electron chi connectivity index (χ2n) is 8.08. The van der Waals surface area contributed by atoms with Crippen LogP contribution in [0.1, 0.15) is 33.4 Å². The Bertz CT molecular complexity index is 1330. The van der Waals surface area contributed by atoms with E-state index in [1.165, 1.54) is 29.2 Å². The summed E-state index contributed by atoms with van der Waals surface area (Å²) < 4.78 is 31.7. The van der Waals surface area contributed by atoms with Gasteiger partial charge in [0.05, 0.1) is 0 Å². The molecule has 0 atom stereocenters. The highest BCUT2D eigenvalue weighted by atomic mass is 32.2.